The van der Waals surface area contributed by atoms with E-state index in [0.717, 1.165) is 22.9 Å². The molecule has 0 aliphatic carbocycles. The van der Waals surface area contributed by atoms with Gasteiger partial charge in [-0.15, -0.1) is 0 Å². The Kier molecular flexibility index (Phi) is 5.67. The highest BCUT2D eigenvalue weighted by atomic mass is 79.9. The maximum Gasteiger partial charge on any atom is 0.291 e. The number of carbonyl (C=O) groups is 3. The quantitative estimate of drug-likeness (QED) is 0.535. The number of benzene rings is 2. The second-order valence-electron chi connectivity index (χ2n) is 6.54. The molecule has 134 valence electrons. The molecular weight excluding hydrogens is 394 g/mol. The first-order valence-corrected chi connectivity index (χ1v) is 9.43. The van der Waals surface area contributed by atoms with Crippen molar-refractivity contribution in [2.45, 2.75) is 25.8 Å². The number of carbonyl (C=O) groups excluding carboxylic acids is 3. The smallest absolute Gasteiger partial charge is 0.291 e. The number of ketones is 2. The van der Waals surface area contributed by atoms with Crippen molar-refractivity contribution in [3.05, 3.63) is 70.2 Å². The van der Waals surface area contributed by atoms with Gasteiger partial charge in [-0.05, 0) is 43.0 Å². The van der Waals surface area contributed by atoms with Gasteiger partial charge in [-0.1, -0.05) is 58.4 Å². The van der Waals surface area contributed by atoms with Gasteiger partial charge in [0.15, 0.2) is 0 Å². The Morgan fingerprint density at radius 2 is 1.69 bits per heavy atom. The minimum absolute atomic E-state index is 0.262. The summed E-state index contributed by atoms with van der Waals surface area (Å²) in [4.78, 5) is 38.6. The minimum atomic E-state index is -0.916. The Morgan fingerprint density at radius 3 is 2.31 bits per heavy atom. The Bertz CT molecular complexity index is 817. The summed E-state index contributed by atoms with van der Waals surface area (Å²) in [6, 6.07) is 16.9. The van der Waals surface area contributed by atoms with Crippen LogP contribution in [-0.4, -0.2) is 28.9 Å². The van der Waals surface area contributed by atoms with Crippen LogP contribution in [0.25, 0.3) is 0 Å². The van der Waals surface area contributed by atoms with Gasteiger partial charge in [-0.2, -0.15) is 0 Å². The molecule has 2 unspecified atom stereocenters. The molecule has 0 aromatic heterocycles. The van der Waals surface area contributed by atoms with Crippen LogP contribution in [-0.2, 0) is 20.8 Å². The standard InChI is InChI=1S/C21H20BrNO3/c1-14(24)18-19(16-9-11-17(22)12-10-16)23(21(26)20(18)25)13-5-8-15-6-3-2-4-7-15/h2-4,6-7,9-12,18-19H,5,8,13H2,1H3. The lowest BCUT2D eigenvalue weighted by Crippen LogP contribution is -2.31. The number of hydrogen-bond acceptors (Lipinski definition) is 3. The number of aryl methyl sites for hydroxylation is 1. The SMILES string of the molecule is CC(=O)C1C(=O)C(=O)N(CCCc2ccccc2)C1c1ccc(Br)cc1. The molecule has 0 radical (unpaired) electrons. The zero-order valence-electron chi connectivity index (χ0n) is 14.5. The fourth-order valence-corrected chi connectivity index (χ4v) is 3.77. The Labute approximate surface area is 161 Å². The van der Waals surface area contributed by atoms with E-state index < -0.39 is 23.7 Å². The van der Waals surface area contributed by atoms with Gasteiger partial charge in [0.25, 0.3) is 5.91 Å². The van der Waals surface area contributed by atoms with E-state index in [9.17, 15) is 14.4 Å². The number of rotatable bonds is 6. The molecule has 1 heterocycles. The third-order valence-corrected chi connectivity index (χ3v) is 5.29. The lowest BCUT2D eigenvalue weighted by molar-refractivity contribution is -0.142. The van der Waals surface area contributed by atoms with Crippen molar-refractivity contribution >= 4 is 33.4 Å². The molecule has 0 N–H and O–H groups in total. The van der Waals surface area contributed by atoms with E-state index >= 15 is 0 Å². The largest absolute Gasteiger partial charge is 0.328 e. The average Bonchev–Trinajstić information content (AvgIpc) is 2.88. The third-order valence-electron chi connectivity index (χ3n) is 4.76. The first-order valence-electron chi connectivity index (χ1n) is 8.63. The summed E-state index contributed by atoms with van der Waals surface area (Å²) in [7, 11) is 0. The fourth-order valence-electron chi connectivity index (χ4n) is 3.50. The van der Waals surface area contributed by atoms with Gasteiger partial charge in [0.1, 0.15) is 11.7 Å². The molecule has 2 aromatic rings. The van der Waals surface area contributed by atoms with Gasteiger partial charge in [0, 0.05) is 11.0 Å². The maximum atomic E-state index is 12.5. The normalized spacial score (nSPS) is 19.8. The molecule has 3 rings (SSSR count). The van der Waals surface area contributed by atoms with E-state index in [4.69, 9.17) is 0 Å². The predicted molar refractivity (Wildman–Crippen MR) is 103 cm³/mol. The van der Waals surface area contributed by atoms with Crippen LogP contribution in [0.4, 0.5) is 0 Å². The lowest BCUT2D eigenvalue weighted by Gasteiger charge is -2.27. The van der Waals surface area contributed by atoms with Gasteiger partial charge in [-0.3, -0.25) is 14.4 Å². The molecule has 1 aliphatic heterocycles. The molecule has 1 amide bonds. The molecule has 2 atom stereocenters. The van der Waals surface area contributed by atoms with Crippen molar-refractivity contribution < 1.29 is 14.4 Å². The molecular formula is C21H20BrNO3. The van der Waals surface area contributed by atoms with Gasteiger partial charge < -0.3 is 4.90 Å². The number of hydrogen-bond donors (Lipinski definition) is 0. The predicted octanol–water partition coefficient (Wildman–Crippen LogP) is 3.74. The molecule has 1 saturated heterocycles. The summed E-state index contributed by atoms with van der Waals surface area (Å²) >= 11 is 3.39. The highest BCUT2D eigenvalue weighted by Crippen LogP contribution is 2.37. The summed E-state index contributed by atoms with van der Waals surface area (Å²) < 4.78 is 0.909. The lowest BCUT2D eigenvalue weighted by atomic mass is 9.90. The van der Waals surface area contributed by atoms with Crippen LogP contribution in [0.3, 0.4) is 0 Å². The second kappa shape index (κ2) is 7.96. The second-order valence-corrected chi connectivity index (χ2v) is 7.45. The van der Waals surface area contributed by atoms with E-state index in [2.05, 4.69) is 15.9 Å². The topological polar surface area (TPSA) is 54.5 Å². The van der Waals surface area contributed by atoms with Gasteiger partial charge in [-0.25, -0.2) is 0 Å². The third kappa shape index (κ3) is 3.78. The van der Waals surface area contributed by atoms with Crippen LogP contribution in [0.15, 0.2) is 59.1 Å². The van der Waals surface area contributed by atoms with E-state index in [0.29, 0.717) is 6.54 Å². The number of halogens is 1. The molecule has 26 heavy (non-hydrogen) atoms. The maximum absolute atomic E-state index is 12.5. The number of Topliss-reactive ketones (excluding diaryl/α,β-unsaturated/α-hetero) is 2. The average molecular weight is 414 g/mol. The van der Waals surface area contributed by atoms with Crippen molar-refractivity contribution in [3.8, 4) is 0 Å². The van der Waals surface area contributed by atoms with Crippen LogP contribution < -0.4 is 0 Å². The molecule has 0 spiro atoms. The Hall–Kier alpha value is -2.27. The summed E-state index contributed by atoms with van der Waals surface area (Å²) in [5.41, 5.74) is 2.00. The van der Waals surface area contributed by atoms with Gasteiger partial charge in [0.05, 0.1) is 6.04 Å². The van der Waals surface area contributed by atoms with Gasteiger partial charge >= 0.3 is 0 Å². The first kappa shape index (κ1) is 18.5. The molecule has 0 bridgehead atoms. The van der Waals surface area contributed by atoms with Gasteiger partial charge in [0.2, 0.25) is 5.78 Å². The van der Waals surface area contributed by atoms with Crippen LogP contribution >= 0.6 is 15.9 Å². The number of nitrogens with zero attached hydrogens (tertiary/aromatic N) is 1. The molecule has 1 aliphatic rings. The van der Waals surface area contributed by atoms with E-state index in [1.165, 1.54) is 12.5 Å². The monoisotopic (exact) mass is 413 g/mol. The highest BCUT2D eigenvalue weighted by molar-refractivity contribution is 9.10. The zero-order valence-corrected chi connectivity index (χ0v) is 16.1. The zero-order chi connectivity index (χ0) is 18.7. The Morgan fingerprint density at radius 1 is 1.04 bits per heavy atom. The molecule has 4 nitrogen and oxygen atoms in total. The minimum Gasteiger partial charge on any atom is -0.328 e. The van der Waals surface area contributed by atoms with E-state index in [1.54, 1.807) is 4.90 Å². The fraction of sp³-hybridized carbons (Fsp3) is 0.286. The van der Waals surface area contributed by atoms with Crippen molar-refractivity contribution in [3.63, 3.8) is 0 Å². The van der Waals surface area contributed by atoms with Crippen LogP contribution in [0, 0.1) is 5.92 Å². The van der Waals surface area contributed by atoms with Crippen molar-refractivity contribution in [1.82, 2.24) is 4.90 Å². The van der Waals surface area contributed by atoms with Crippen molar-refractivity contribution in [2.75, 3.05) is 6.54 Å². The van der Waals surface area contributed by atoms with Crippen molar-refractivity contribution in [1.29, 1.82) is 0 Å². The van der Waals surface area contributed by atoms with Crippen LogP contribution in [0.5, 0.6) is 0 Å². The summed E-state index contributed by atoms with van der Waals surface area (Å²) in [5, 5.41) is 0. The van der Waals surface area contributed by atoms with Crippen LogP contribution in [0.1, 0.15) is 30.5 Å². The summed E-state index contributed by atoms with van der Waals surface area (Å²) in [6.45, 7) is 1.83. The number of amides is 1. The van der Waals surface area contributed by atoms with E-state index in [1.807, 2.05) is 54.6 Å². The number of likely N-dealkylation sites (tertiary alicyclic amines) is 1. The molecule has 5 heteroatoms. The molecule has 1 fully saturated rings. The first-order chi connectivity index (χ1) is 12.5. The highest BCUT2D eigenvalue weighted by Gasteiger charge is 2.49. The Balaban J connectivity index is 1.82. The van der Waals surface area contributed by atoms with E-state index in [-0.39, 0.29) is 5.78 Å². The molecule has 0 saturated carbocycles. The summed E-state index contributed by atoms with van der Waals surface area (Å²) in [6.07, 6.45) is 1.55. The van der Waals surface area contributed by atoms with Crippen molar-refractivity contribution in [2.24, 2.45) is 5.92 Å². The molecule has 2 aromatic carbocycles. The summed E-state index contributed by atoms with van der Waals surface area (Å²) in [5.74, 6) is -2.32. The van der Waals surface area contributed by atoms with Crippen LogP contribution in [0.2, 0.25) is 0 Å².